The molecule has 4 rings (SSSR count). The summed E-state index contributed by atoms with van der Waals surface area (Å²) in [6.07, 6.45) is 4.48. The molecule has 0 unspecified atom stereocenters. The van der Waals surface area contributed by atoms with Crippen molar-refractivity contribution >= 4 is 41.0 Å². The quantitative estimate of drug-likeness (QED) is 0.602. The van der Waals surface area contributed by atoms with Crippen molar-refractivity contribution in [2.24, 2.45) is 7.05 Å². The zero-order valence-electron chi connectivity index (χ0n) is 17.8. The van der Waals surface area contributed by atoms with Crippen molar-refractivity contribution in [1.82, 2.24) is 24.5 Å². The van der Waals surface area contributed by atoms with Crippen LogP contribution in [0.15, 0.2) is 24.4 Å². The van der Waals surface area contributed by atoms with E-state index in [1.165, 1.54) is 6.20 Å². The van der Waals surface area contributed by atoms with Gasteiger partial charge in [0, 0.05) is 26.6 Å². The van der Waals surface area contributed by atoms with Gasteiger partial charge in [0.25, 0.3) is 5.91 Å². The van der Waals surface area contributed by atoms with Gasteiger partial charge in [0.05, 0.1) is 16.9 Å². The topological polar surface area (TPSA) is 101 Å². The van der Waals surface area contributed by atoms with Crippen molar-refractivity contribution in [2.75, 3.05) is 28.6 Å². The molecule has 1 amide bonds. The molecule has 10 heteroatoms. The molecule has 0 radical (unpaired) electrons. The average Bonchev–Trinajstić information content (AvgIpc) is 3.41. The molecule has 31 heavy (non-hydrogen) atoms. The molecule has 9 nitrogen and oxygen atoms in total. The van der Waals surface area contributed by atoms with Crippen LogP contribution in [-0.2, 0) is 13.5 Å². The monoisotopic (exact) mass is 440 g/mol. The maximum atomic E-state index is 12.8. The minimum atomic E-state index is -0.304. The number of imidazole rings is 1. The average molecular weight is 441 g/mol. The first-order valence-corrected chi connectivity index (χ1v) is 10.7. The molecule has 0 atom stereocenters. The van der Waals surface area contributed by atoms with Gasteiger partial charge in [-0.1, -0.05) is 30.7 Å². The van der Waals surface area contributed by atoms with Crippen molar-refractivity contribution in [3.8, 4) is 0 Å². The molecule has 0 saturated carbocycles. The van der Waals surface area contributed by atoms with E-state index in [-0.39, 0.29) is 5.91 Å². The summed E-state index contributed by atoms with van der Waals surface area (Å²) in [5.74, 6) is 1.95. The Morgan fingerprint density at radius 1 is 1.19 bits per heavy atom. The first-order valence-electron chi connectivity index (χ1n) is 10.3. The number of carbonyl (C=O) groups is 1. The van der Waals surface area contributed by atoms with E-state index in [1.807, 2.05) is 26.0 Å². The molecule has 3 aromatic rings. The third-order valence-electron chi connectivity index (χ3n) is 5.28. The molecule has 162 valence electrons. The van der Waals surface area contributed by atoms with Crippen LogP contribution in [0.4, 0.5) is 23.5 Å². The molecule has 1 saturated heterocycles. The fourth-order valence-corrected chi connectivity index (χ4v) is 3.75. The van der Waals surface area contributed by atoms with Gasteiger partial charge in [-0.3, -0.25) is 10.1 Å². The standard InChI is InChI=1S/C21H25ClN8O/c1-4-16-24-19(28-21(25-16)30-10-5-6-11-30)27-20-23-12-15(29(20)3)18(31)26-17-13(2)8-7-9-14(17)22/h7-9,12H,4-6,10-11H2,1-3H3,(H,26,31)(H,23,24,25,27,28). The van der Waals surface area contributed by atoms with E-state index in [2.05, 4.69) is 35.5 Å². The van der Waals surface area contributed by atoms with Gasteiger partial charge in [-0.15, -0.1) is 0 Å². The Balaban J connectivity index is 1.56. The van der Waals surface area contributed by atoms with Crippen molar-refractivity contribution in [1.29, 1.82) is 0 Å². The highest BCUT2D eigenvalue weighted by Gasteiger charge is 2.20. The van der Waals surface area contributed by atoms with Gasteiger partial charge in [0.15, 0.2) is 0 Å². The number of para-hydroxylation sites is 1. The van der Waals surface area contributed by atoms with Crippen LogP contribution in [0, 0.1) is 6.92 Å². The first-order chi connectivity index (χ1) is 15.0. The van der Waals surface area contributed by atoms with Crippen molar-refractivity contribution in [2.45, 2.75) is 33.1 Å². The third kappa shape index (κ3) is 4.46. The van der Waals surface area contributed by atoms with Crippen LogP contribution in [0.5, 0.6) is 0 Å². The third-order valence-corrected chi connectivity index (χ3v) is 5.59. The lowest BCUT2D eigenvalue weighted by Crippen LogP contribution is -2.22. The highest BCUT2D eigenvalue weighted by molar-refractivity contribution is 6.34. The highest BCUT2D eigenvalue weighted by Crippen LogP contribution is 2.26. The number of halogens is 1. The van der Waals surface area contributed by atoms with Gasteiger partial charge in [-0.05, 0) is 31.4 Å². The molecule has 1 aliphatic rings. The fourth-order valence-electron chi connectivity index (χ4n) is 3.48. The van der Waals surface area contributed by atoms with Gasteiger partial charge in [-0.25, -0.2) is 4.98 Å². The van der Waals surface area contributed by atoms with Gasteiger partial charge >= 0.3 is 0 Å². The second kappa shape index (κ2) is 8.89. The molecule has 0 bridgehead atoms. The zero-order valence-corrected chi connectivity index (χ0v) is 18.6. The number of anilines is 4. The number of carbonyl (C=O) groups excluding carboxylic acids is 1. The lowest BCUT2D eigenvalue weighted by Gasteiger charge is -2.16. The lowest BCUT2D eigenvalue weighted by atomic mass is 10.2. The van der Waals surface area contributed by atoms with Crippen molar-refractivity contribution in [3.63, 3.8) is 0 Å². The second-order valence-electron chi connectivity index (χ2n) is 7.46. The predicted octanol–water partition coefficient (Wildman–Crippen LogP) is 3.73. The molecule has 0 spiro atoms. The van der Waals surface area contributed by atoms with Gasteiger partial charge in [0.2, 0.25) is 17.8 Å². The largest absolute Gasteiger partial charge is 0.341 e. The molecular weight excluding hydrogens is 416 g/mol. The van der Waals surface area contributed by atoms with Gasteiger partial charge in [0.1, 0.15) is 11.5 Å². The lowest BCUT2D eigenvalue weighted by molar-refractivity contribution is 0.101. The van der Waals surface area contributed by atoms with E-state index in [9.17, 15) is 4.79 Å². The van der Waals surface area contributed by atoms with E-state index in [0.29, 0.717) is 46.5 Å². The Kier molecular flexibility index (Phi) is 6.03. The summed E-state index contributed by atoms with van der Waals surface area (Å²) in [5, 5.41) is 6.49. The van der Waals surface area contributed by atoms with E-state index >= 15 is 0 Å². The molecule has 1 fully saturated rings. The van der Waals surface area contributed by atoms with Crippen LogP contribution in [0.2, 0.25) is 5.02 Å². The van der Waals surface area contributed by atoms with Crippen LogP contribution in [-0.4, -0.2) is 43.5 Å². The molecule has 1 aliphatic heterocycles. The summed E-state index contributed by atoms with van der Waals surface area (Å²) >= 11 is 6.23. The Morgan fingerprint density at radius 3 is 2.68 bits per heavy atom. The number of nitrogens with zero attached hydrogens (tertiary/aromatic N) is 6. The maximum Gasteiger partial charge on any atom is 0.274 e. The van der Waals surface area contributed by atoms with Crippen LogP contribution >= 0.6 is 11.6 Å². The molecule has 2 aromatic heterocycles. The number of hydrogen-bond donors (Lipinski definition) is 2. The minimum Gasteiger partial charge on any atom is -0.341 e. The van der Waals surface area contributed by atoms with E-state index in [0.717, 1.165) is 31.5 Å². The minimum absolute atomic E-state index is 0.304. The molecule has 0 aliphatic carbocycles. The number of aryl methyl sites for hydroxylation is 2. The van der Waals surface area contributed by atoms with Crippen LogP contribution < -0.4 is 15.5 Å². The number of nitrogens with one attached hydrogen (secondary N) is 2. The van der Waals surface area contributed by atoms with Crippen LogP contribution in [0.1, 0.15) is 41.6 Å². The zero-order chi connectivity index (χ0) is 22.0. The smallest absolute Gasteiger partial charge is 0.274 e. The Labute approximate surface area is 185 Å². The Hall–Kier alpha value is -3.20. The fraction of sp³-hybridized carbons (Fsp3) is 0.381. The Bertz CT molecular complexity index is 1090. The molecule has 2 N–H and O–H groups in total. The van der Waals surface area contributed by atoms with E-state index in [1.54, 1.807) is 17.7 Å². The number of amides is 1. The Morgan fingerprint density at radius 2 is 1.97 bits per heavy atom. The maximum absolute atomic E-state index is 12.8. The number of hydrogen-bond acceptors (Lipinski definition) is 7. The van der Waals surface area contributed by atoms with Crippen molar-refractivity contribution < 1.29 is 4.79 Å². The molecular formula is C21H25ClN8O. The van der Waals surface area contributed by atoms with Crippen LogP contribution in [0.3, 0.4) is 0 Å². The number of rotatable bonds is 6. The SMILES string of the molecule is CCc1nc(Nc2ncc(C(=O)Nc3c(C)cccc3Cl)n2C)nc(N2CCCC2)n1. The number of aromatic nitrogens is 5. The number of benzene rings is 1. The molecule has 1 aromatic carbocycles. The van der Waals surface area contributed by atoms with Crippen LogP contribution in [0.25, 0.3) is 0 Å². The first kappa shape index (κ1) is 21.0. The predicted molar refractivity (Wildman–Crippen MR) is 121 cm³/mol. The summed E-state index contributed by atoms with van der Waals surface area (Å²) in [6.45, 7) is 5.79. The highest BCUT2D eigenvalue weighted by atomic mass is 35.5. The summed E-state index contributed by atoms with van der Waals surface area (Å²) < 4.78 is 1.66. The molecule has 3 heterocycles. The summed E-state index contributed by atoms with van der Waals surface area (Å²) in [6, 6.07) is 5.47. The van der Waals surface area contributed by atoms with Gasteiger partial charge in [-0.2, -0.15) is 15.0 Å². The van der Waals surface area contributed by atoms with E-state index in [4.69, 9.17) is 11.6 Å². The normalized spacial score (nSPS) is 13.5. The van der Waals surface area contributed by atoms with E-state index < -0.39 is 0 Å². The summed E-state index contributed by atoms with van der Waals surface area (Å²) in [7, 11) is 1.76. The summed E-state index contributed by atoms with van der Waals surface area (Å²) in [5.41, 5.74) is 1.85. The summed E-state index contributed by atoms with van der Waals surface area (Å²) in [4.78, 5) is 32.9. The second-order valence-corrected chi connectivity index (χ2v) is 7.87. The van der Waals surface area contributed by atoms with Crippen molar-refractivity contribution in [3.05, 3.63) is 46.5 Å². The van der Waals surface area contributed by atoms with Gasteiger partial charge < -0.3 is 14.8 Å².